The minimum atomic E-state index is -0.832. The normalized spacial score (nSPS) is 20.2. The summed E-state index contributed by atoms with van der Waals surface area (Å²) in [6.07, 6.45) is 6.65. The predicted molar refractivity (Wildman–Crippen MR) is 136 cm³/mol. The first-order valence-electron chi connectivity index (χ1n) is 12.3. The molecule has 0 amide bonds. The number of nitrogens with one attached hydrogen (secondary N) is 2. The fraction of sp³-hybridized carbons (Fsp3) is 0.538. The largest absolute Gasteiger partial charge is 0.481 e. The van der Waals surface area contributed by atoms with Gasteiger partial charge in [0.15, 0.2) is 0 Å². The van der Waals surface area contributed by atoms with Crippen LogP contribution >= 0.6 is 23.2 Å². The van der Waals surface area contributed by atoms with Gasteiger partial charge in [-0.1, -0.05) is 29.3 Å². The Morgan fingerprint density at radius 3 is 2.74 bits per heavy atom. The molecule has 8 heteroatoms. The molecule has 1 atom stereocenters. The maximum atomic E-state index is 11.4. The molecule has 0 radical (unpaired) electrons. The van der Waals surface area contributed by atoms with Crippen LogP contribution in [0.1, 0.15) is 55.0 Å². The van der Waals surface area contributed by atoms with Crippen LogP contribution in [0.3, 0.4) is 0 Å². The summed E-state index contributed by atoms with van der Waals surface area (Å²) >= 11 is 12.3. The van der Waals surface area contributed by atoms with E-state index in [1.54, 1.807) is 18.2 Å². The smallest absolute Gasteiger partial charge is 0.305 e. The van der Waals surface area contributed by atoms with E-state index in [1.807, 2.05) is 0 Å². The summed E-state index contributed by atoms with van der Waals surface area (Å²) < 4.78 is 0. The van der Waals surface area contributed by atoms with Crippen molar-refractivity contribution in [3.8, 4) is 0 Å². The van der Waals surface area contributed by atoms with Gasteiger partial charge in [-0.15, -0.1) is 0 Å². The zero-order chi connectivity index (χ0) is 23.7. The number of aliphatic carboxylic acids is 1. The fourth-order valence-corrected chi connectivity index (χ4v) is 6.47. The maximum absolute atomic E-state index is 11.4. The summed E-state index contributed by atoms with van der Waals surface area (Å²) in [6, 6.07) is 9.75. The summed E-state index contributed by atoms with van der Waals surface area (Å²) in [5.74, 6) is 0.252. The number of carboxylic acids is 1. The molecule has 1 saturated heterocycles. The van der Waals surface area contributed by atoms with Crippen molar-refractivity contribution in [1.82, 2.24) is 15.2 Å². The Labute approximate surface area is 211 Å². The molecule has 6 nitrogen and oxygen atoms in total. The Balaban J connectivity index is 1.06. The van der Waals surface area contributed by atoms with Crippen LogP contribution in [0.2, 0.25) is 10.0 Å². The van der Waals surface area contributed by atoms with E-state index in [1.165, 1.54) is 17.7 Å². The first-order chi connectivity index (χ1) is 16.4. The number of benzene rings is 1. The second kappa shape index (κ2) is 10.0. The van der Waals surface area contributed by atoms with E-state index in [0.29, 0.717) is 21.5 Å². The van der Waals surface area contributed by atoms with Crippen LogP contribution in [0.25, 0.3) is 0 Å². The zero-order valence-electron chi connectivity index (χ0n) is 19.3. The van der Waals surface area contributed by atoms with E-state index < -0.39 is 5.97 Å². The van der Waals surface area contributed by atoms with Gasteiger partial charge in [0.05, 0.1) is 6.42 Å². The molecule has 1 aromatic carbocycles. The molecule has 2 aliphatic heterocycles. The molecular formula is C26H32Cl2N4O2. The summed E-state index contributed by atoms with van der Waals surface area (Å²) in [5, 5.41) is 17.4. The third-order valence-electron chi connectivity index (χ3n) is 7.44. The minimum Gasteiger partial charge on any atom is -0.481 e. The molecular weight excluding hydrogens is 471 g/mol. The summed E-state index contributed by atoms with van der Waals surface area (Å²) in [7, 11) is 0. The number of pyridine rings is 1. The molecule has 1 spiro atoms. The topological polar surface area (TPSA) is 77.5 Å². The van der Waals surface area contributed by atoms with E-state index in [9.17, 15) is 9.90 Å². The number of aromatic nitrogens is 1. The Morgan fingerprint density at radius 1 is 1.24 bits per heavy atom. The second-order valence-electron chi connectivity index (χ2n) is 10.3. The quantitative estimate of drug-likeness (QED) is 0.450. The lowest BCUT2D eigenvalue weighted by molar-refractivity contribution is -0.138. The standard InChI is InChI=1S/C26H32Cl2N4O2/c27-19-9-18(10-20(28)11-19)23(12-24(33)34)30-22-13-26(14-22)15-32(16-26)8-2-4-21-6-5-17-3-1-7-29-25(17)31-21/h5-6,9-11,22-23,30H,1-4,7-8,12-16H2,(H,29,31)(H,33,34). The first kappa shape index (κ1) is 23.9. The van der Waals surface area contributed by atoms with Gasteiger partial charge in [0.25, 0.3) is 0 Å². The van der Waals surface area contributed by atoms with Gasteiger partial charge in [0, 0.05) is 47.5 Å². The van der Waals surface area contributed by atoms with Gasteiger partial charge in [0.1, 0.15) is 5.82 Å². The van der Waals surface area contributed by atoms with Crippen molar-refractivity contribution in [3.63, 3.8) is 0 Å². The maximum Gasteiger partial charge on any atom is 0.305 e. The Morgan fingerprint density at radius 2 is 2.00 bits per heavy atom. The number of likely N-dealkylation sites (tertiary alicyclic amines) is 1. The lowest BCUT2D eigenvalue weighted by atomic mass is 9.60. The van der Waals surface area contributed by atoms with Crippen molar-refractivity contribution in [2.24, 2.45) is 5.41 Å². The van der Waals surface area contributed by atoms with Crippen molar-refractivity contribution >= 4 is 35.0 Å². The van der Waals surface area contributed by atoms with E-state index >= 15 is 0 Å². The number of hydrogen-bond acceptors (Lipinski definition) is 5. The molecule has 3 N–H and O–H groups in total. The van der Waals surface area contributed by atoms with Crippen LogP contribution in [0.5, 0.6) is 0 Å². The van der Waals surface area contributed by atoms with Crippen molar-refractivity contribution in [1.29, 1.82) is 0 Å². The van der Waals surface area contributed by atoms with Crippen LogP contribution in [0.4, 0.5) is 5.82 Å². The van der Waals surface area contributed by atoms with E-state index in [-0.39, 0.29) is 12.5 Å². The Kier molecular flexibility index (Phi) is 7.03. The third kappa shape index (κ3) is 5.51. The molecule has 1 unspecified atom stereocenters. The van der Waals surface area contributed by atoms with Gasteiger partial charge in [-0.3, -0.25) is 4.79 Å². The lowest BCUT2D eigenvalue weighted by Gasteiger charge is -2.60. The number of halogens is 2. The van der Waals surface area contributed by atoms with Crippen LogP contribution in [-0.2, 0) is 17.6 Å². The number of carboxylic acid groups (broad SMARTS) is 1. The highest BCUT2D eigenvalue weighted by atomic mass is 35.5. The van der Waals surface area contributed by atoms with Crippen LogP contribution < -0.4 is 10.6 Å². The molecule has 2 fully saturated rings. The zero-order valence-corrected chi connectivity index (χ0v) is 20.8. The SMILES string of the molecule is O=C(O)CC(NC1CC2(C1)CN(CCCc1ccc3c(n1)NCCC3)C2)c1cc(Cl)cc(Cl)c1. The molecule has 5 rings (SSSR count). The third-order valence-corrected chi connectivity index (χ3v) is 7.88. The van der Waals surface area contributed by atoms with Crippen LogP contribution in [0, 0.1) is 5.41 Å². The van der Waals surface area contributed by atoms with Gasteiger partial charge < -0.3 is 20.6 Å². The highest BCUT2D eigenvalue weighted by Gasteiger charge is 2.52. The number of hydrogen-bond donors (Lipinski definition) is 3. The van der Waals surface area contributed by atoms with Crippen LogP contribution in [-0.4, -0.2) is 53.2 Å². The number of carbonyl (C=O) groups is 1. The molecule has 1 aliphatic carbocycles. The second-order valence-corrected chi connectivity index (χ2v) is 11.2. The Bertz CT molecular complexity index is 1030. The number of aryl methyl sites for hydroxylation is 2. The average molecular weight is 503 g/mol. The predicted octanol–water partition coefficient (Wildman–Crippen LogP) is 4.95. The van der Waals surface area contributed by atoms with Crippen molar-refractivity contribution in [3.05, 3.63) is 57.2 Å². The van der Waals surface area contributed by atoms with Gasteiger partial charge in [-0.05, 0) is 85.9 Å². The molecule has 1 saturated carbocycles. The van der Waals surface area contributed by atoms with Crippen molar-refractivity contribution in [2.75, 3.05) is 31.5 Å². The Hall–Kier alpha value is -1.86. The minimum absolute atomic E-state index is 0.0124. The van der Waals surface area contributed by atoms with Gasteiger partial charge in [0.2, 0.25) is 0 Å². The van der Waals surface area contributed by atoms with Gasteiger partial charge in [-0.25, -0.2) is 4.98 Å². The van der Waals surface area contributed by atoms with Crippen molar-refractivity contribution < 1.29 is 9.90 Å². The summed E-state index contributed by atoms with van der Waals surface area (Å²) in [6.45, 7) is 4.40. The molecule has 182 valence electrons. The number of nitrogens with zero attached hydrogens (tertiary/aromatic N) is 2. The molecule has 1 aromatic heterocycles. The number of fused-ring (bicyclic) bond motifs is 1. The molecule has 3 heterocycles. The van der Waals surface area contributed by atoms with Crippen molar-refractivity contribution in [2.45, 2.75) is 57.0 Å². The summed E-state index contributed by atoms with van der Waals surface area (Å²) in [4.78, 5) is 18.8. The highest BCUT2D eigenvalue weighted by Crippen LogP contribution is 2.49. The molecule has 34 heavy (non-hydrogen) atoms. The van der Waals surface area contributed by atoms with Gasteiger partial charge >= 0.3 is 5.97 Å². The molecule has 3 aliphatic rings. The molecule has 2 aromatic rings. The summed E-state index contributed by atoms with van der Waals surface area (Å²) in [5.41, 5.74) is 3.76. The number of rotatable bonds is 9. The van der Waals surface area contributed by atoms with E-state index in [0.717, 1.165) is 69.7 Å². The lowest BCUT2D eigenvalue weighted by Crippen LogP contribution is -2.66. The number of anilines is 1. The highest BCUT2D eigenvalue weighted by molar-refractivity contribution is 6.34. The fourth-order valence-electron chi connectivity index (χ4n) is 5.92. The molecule has 0 bridgehead atoms. The first-order valence-corrected chi connectivity index (χ1v) is 13.0. The van der Waals surface area contributed by atoms with E-state index in [4.69, 9.17) is 28.2 Å². The monoisotopic (exact) mass is 502 g/mol. The average Bonchev–Trinajstić information content (AvgIpc) is 2.74. The van der Waals surface area contributed by atoms with Crippen LogP contribution in [0.15, 0.2) is 30.3 Å². The van der Waals surface area contributed by atoms with E-state index in [2.05, 4.69) is 27.7 Å². The van der Waals surface area contributed by atoms with Gasteiger partial charge in [-0.2, -0.15) is 0 Å².